The lowest BCUT2D eigenvalue weighted by atomic mass is 9.91. The number of nitrogens with one attached hydrogen (secondary N) is 2. The van der Waals surface area contributed by atoms with Gasteiger partial charge in [-0.3, -0.25) is 4.79 Å². The van der Waals surface area contributed by atoms with Crippen molar-refractivity contribution in [3.8, 4) is 0 Å². The van der Waals surface area contributed by atoms with Gasteiger partial charge in [-0.2, -0.15) is 0 Å². The summed E-state index contributed by atoms with van der Waals surface area (Å²) in [6, 6.07) is 2.89. The molecule has 2 rings (SSSR count). The van der Waals surface area contributed by atoms with E-state index in [1.54, 1.807) is 0 Å². The van der Waals surface area contributed by atoms with E-state index in [2.05, 4.69) is 15.6 Å². The smallest absolute Gasteiger partial charge is 0.256 e. The van der Waals surface area contributed by atoms with E-state index in [9.17, 15) is 13.2 Å². The minimum atomic E-state index is -3.34. The SMILES string of the molecule is COC1(C(=O)Nc2ccc(S(C)(=O)=O)nc2)CCNCC1.Cl.Cl. The van der Waals surface area contributed by atoms with Gasteiger partial charge in [0.05, 0.1) is 11.9 Å². The fourth-order valence-corrected chi connectivity index (χ4v) is 2.83. The Bertz CT molecular complexity index is 617. The highest BCUT2D eigenvalue weighted by Gasteiger charge is 2.39. The summed E-state index contributed by atoms with van der Waals surface area (Å²) in [5.74, 6) is -0.236. The molecule has 132 valence electrons. The first-order valence-electron chi connectivity index (χ1n) is 6.61. The van der Waals surface area contributed by atoms with Crippen LogP contribution in [0.5, 0.6) is 0 Å². The molecule has 1 fully saturated rings. The molecule has 0 aromatic carbocycles. The number of halogens is 2. The van der Waals surface area contributed by atoms with Crippen LogP contribution in [0.1, 0.15) is 12.8 Å². The third kappa shape index (κ3) is 5.29. The lowest BCUT2D eigenvalue weighted by Gasteiger charge is -2.34. The summed E-state index contributed by atoms with van der Waals surface area (Å²) < 4.78 is 28.1. The molecule has 0 spiro atoms. The molecule has 0 bridgehead atoms. The molecule has 0 saturated carbocycles. The Morgan fingerprint density at radius 1 is 1.30 bits per heavy atom. The molecule has 1 saturated heterocycles. The average molecular weight is 386 g/mol. The largest absolute Gasteiger partial charge is 0.368 e. The lowest BCUT2D eigenvalue weighted by molar-refractivity contribution is -0.140. The fraction of sp³-hybridized carbons (Fsp3) is 0.538. The van der Waals surface area contributed by atoms with Gasteiger partial charge in [-0.25, -0.2) is 13.4 Å². The molecule has 7 nitrogen and oxygen atoms in total. The zero-order chi connectivity index (χ0) is 15.5. The summed E-state index contributed by atoms with van der Waals surface area (Å²) in [6.07, 6.45) is 3.59. The summed E-state index contributed by atoms with van der Waals surface area (Å²) >= 11 is 0. The first-order chi connectivity index (χ1) is 9.87. The molecular weight excluding hydrogens is 365 g/mol. The molecule has 2 heterocycles. The summed E-state index contributed by atoms with van der Waals surface area (Å²) in [7, 11) is -1.82. The first-order valence-corrected chi connectivity index (χ1v) is 8.50. The maximum Gasteiger partial charge on any atom is 0.256 e. The van der Waals surface area contributed by atoms with Crippen molar-refractivity contribution in [1.29, 1.82) is 0 Å². The number of hydrogen-bond donors (Lipinski definition) is 2. The Balaban J connectivity index is 0.00000242. The monoisotopic (exact) mass is 385 g/mol. The summed E-state index contributed by atoms with van der Waals surface area (Å²) in [6.45, 7) is 1.43. The van der Waals surface area contributed by atoms with Gasteiger partial charge < -0.3 is 15.4 Å². The first kappa shape index (κ1) is 22.1. The molecule has 0 radical (unpaired) electrons. The number of pyridine rings is 1. The number of methoxy groups -OCH3 is 1. The third-order valence-electron chi connectivity index (χ3n) is 3.59. The van der Waals surface area contributed by atoms with E-state index in [0.29, 0.717) is 31.6 Å². The highest BCUT2D eigenvalue weighted by atomic mass is 35.5. The topological polar surface area (TPSA) is 97.4 Å². The quantitative estimate of drug-likeness (QED) is 0.803. The molecule has 0 unspecified atom stereocenters. The lowest BCUT2D eigenvalue weighted by Crippen LogP contribution is -2.51. The van der Waals surface area contributed by atoms with Crippen molar-refractivity contribution >= 4 is 46.2 Å². The van der Waals surface area contributed by atoms with Gasteiger partial charge in [-0.1, -0.05) is 0 Å². The molecule has 1 aromatic heterocycles. The van der Waals surface area contributed by atoms with Crippen LogP contribution >= 0.6 is 24.8 Å². The van der Waals surface area contributed by atoms with E-state index in [0.717, 1.165) is 6.26 Å². The van der Waals surface area contributed by atoms with Gasteiger partial charge in [-0.05, 0) is 38.1 Å². The van der Waals surface area contributed by atoms with E-state index in [1.807, 2.05) is 0 Å². The van der Waals surface area contributed by atoms with Gasteiger partial charge in [0, 0.05) is 13.4 Å². The predicted octanol–water partition coefficient (Wildman–Crippen LogP) is 1.04. The Morgan fingerprint density at radius 2 is 1.91 bits per heavy atom. The van der Waals surface area contributed by atoms with Gasteiger partial charge >= 0.3 is 0 Å². The highest BCUT2D eigenvalue weighted by molar-refractivity contribution is 7.90. The van der Waals surface area contributed by atoms with Crippen LogP contribution in [0.4, 0.5) is 5.69 Å². The maximum atomic E-state index is 12.4. The number of aromatic nitrogens is 1. The average Bonchev–Trinajstić information content (AvgIpc) is 2.47. The third-order valence-corrected chi connectivity index (χ3v) is 4.59. The van der Waals surface area contributed by atoms with Crippen molar-refractivity contribution in [2.45, 2.75) is 23.5 Å². The van der Waals surface area contributed by atoms with E-state index < -0.39 is 15.4 Å². The number of carbonyl (C=O) groups excluding carboxylic acids is 1. The molecule has 1 aliphatic rings. The maximum absolute atomic E-state index is 12.4. The van der Waals surface area contributed by atoms with Crippen molar-refractivity contribution in [3.05, 3.63) is 18.3 Å². The normalized spacial score (nSPS) is 16.6. The Labute approximate surface area is 148 Å². The van der Waals surface area contributed by atoms with Crippen molar-refractivity contribution in [1.82, 2.24) is 10.3 Å². The molecule has 0 aliphatic carbocycles. The van der Waals surface area contributed by atoms with Gasteiger partial charge in [0.25, 0.3) is 5.91 Å². The number of nitrogens with zero attached hydrogens (tertiary/aromatic N) is 1. The minimum absolute atomic E-state index is 0. The minimum Gasteiger partial charge on any atom is -0.368 e. The van der Waals surface area contributed by atoms with Gasteiger partial charge in [0.2, 0.25) is 0 Å². The van der Waals surface area contributed by atoms with Crippen LogP contribution < -0.4 is 10.6 Å². The van der Waals surface area contributed by atoms with Crippen LogP contribution in [-0.2, 0) is 19.4 Å². The molecule has 0 atom stereocenters. The van der Waals surface area contributed by atoms with Crippen LogP contribution in [0.3, 0.4) is 0 Å². The van der Waals surface area contributed by atoms with Crippen LogP contribution in [0, 0.1) is 0 Å². The van der Waals surface area contributed by atoms with Crippen molar-refractivity contribution < 1.29 is 17.9 Å². The number of anilines is 1. The highest BCUT2D eigenvalue weighted by Crippen LogP contribution is 2.24. The Hall–Kier alpha value is -0.930. The molecular formula is C13H21Cl2N3O4S. The van der Waals surface area contributed by atoms with Gasteiger partial charge in [-0.15, -0.1) is 24.8 Å². The molecule has 1 aromatic rings. The fourth-order valence-electron chi connectivity index (χ4n) is 2.27. The zero-order valence-corrected chi connectivity index (χ0v) is 15.3. The van der Waals surface area contributed by atoms with Crippen molar-refractivity contribution in [2.24, 2.45) is 0 Å². The molecule has 10 heteroatoms. The number of rotatable bonds is 4. The summed E-state index contributed by atoms with van der Waals surface area (Å²) in [5, 5.41) is 5.89. The number of carbonyl (C=O) groups is 1. The van der Waals surface area contributed by atoms with E-state index in [1.165, 1.54) is 25.4 Å². The standard InChI is InChI=1S/C13H19N3O4S.2ClH/c1-20-13(5-7-14-8-6-13)12(17)16-10-3-4-11(15-9-10)21(2,18)19;;/h3-4,9,14H,5-8H2,1-2H3,(H,16,17);2*1H. The number of ether oxygens (including phenoxy) is 1. The van der Waals surface area contributed by atoms with E-state index >= 15 is 0 Å². The number of sulfone groups is 1. The van der Waals surface area contributed by atoms with Gasteiger partial charge in [0.1, 0.15) is 5.60 Å². The summed E-state index contributed by atoms with van der Waals surface area (Å²) in [4.78, 5) is 16.2. The summed E-state index contributed by atoms with van der Waals surface area (Å²) in [5.41, 5.74) is -0.400. The second-order valence-corrected chi connectivity index (χ2v) is 7.02. The molecule has 1 amide bonds. The van der Waals surface area contributed by atoms with Crippen LogP contribution in [0.25, 0.3) is 0 Å². The van der Waals surface area contributed by atoms with Crippen molar-refractivity contribution in [3.63, 3.8) is 0 Å². The van der Waals surface area contributed by atoms with Crippen LogP contribution in [0.15, 0.2) is 23.4 Å². The number of hydrogen-bond acceptors (Lipinski definition) is 6. The molecule has 23 heavy (non-hydrogen) atoms. The van der Waals surface area contributed by atoms with Crippen LogP contribution in [-0.4, -0.2) is 51.4 Å². The second kappa shape index (κ2) is 8.79. The number of piperidine rings is 1. The van der Waals surface area contributed by atoms with Crippen molar-refractivity contribution in [2.75, 3.05) is 31.8 Å². The Morgan fingerprint density at radius 3 is 2.35 bits per heavy atom. The predicted molar refractivity (Wildman–Crippen MR) is 92.3 cm³/mol. The van der Waals surface area contributed by atoms with E-state index in [-0.39, 0.29) is 35.7 Å². The zero-order valence-electron chi connectivity index (χ0n) is 12.9. The van der Waals surface area contributed by atoms with E-state index in [4.69, 9.17) is 4.74 Å². The second-order valence-electron chi connectivity index (χ2n) is 5.06. The molecule has 2 N–H and O–H groups in total. The molecule has 1 aliphatic heterocycles. The van der Waals surface area contributed by atoms with Gasteiger partial charge in [0.15, 0.2) is 14.9 Å². The Kier molecular flexibility index (Phi) is 8.44. The van der Waals surface area contributed by atoms with Crippen LogP contribution in [0.2, 0.25) is 0 Å². The number of amides is 1.